The van der Waals surface area contributed by atoms with Crippen molar-refractivity contribution in [1.29, 1.82) is 0 Å². The molecule has 0 aromatic heterocycles. The zero-order valence-corrected chi connectivity index (χ0v) is 32.0. The molecule has 0 aromatic carbocycles. The molecule has 0 spiro atoms. The number of hydrogen-bond donors (Lipinski definition) is 2. The van der Waals surface area contributed by atoms with Gasteiger partial charge in [-0.05, 0) is 120 Å². The minimum Gasteiger partial charge on any atom is -0.481 e. The Bertz CT molecular complexity index is 1210. The Kier molecular flexibility index (Phi) is 14.6. The molecule has 51 heavy (non-hydrogen) atoms. The van der Waals surface area contributed by atoms with Gasteiger partial charge in [0, 0.05) is 12.3 Å². The second kappa shape index (κ2) is 18.9. The van der Waals surface area contributed by atoms with Crippen LogP contribution in [0.5, 0.6) is 0 Å². The fourth-order valence-electron chi connectivity index (χ4n) is 11.6. The first kappa shape index (κ1) is 39.5. The molecule has 292 valence electrons. The molecule has 10 heteroatoms. The standard InChI is InChI=1S/C41H68O9S/c42-40(43)38-24-31(22-29-11-5-2-6-12-29)17-19-37(38)41(44)50-34-14-8-16-36(26-34)51(46,47)35-15-7-13-33(25-35)49-39-20-18-30(23-32(39)27-48-45)21-28-9-3-1-4-10-28/h28-39,45H,1-27H2,(H,42,43). The minimum absolute atomic E-state index is 0.0263. The first-order valence-electron chi connectivity index (χ1n) is 21.3. The molecule has 6 saturated carbocycles. The molecule has 9 nitrogen and oxygen atoms in total. The highest BCUT2D eigenvalue weighted by atomic mass is 32.2. The van der Waals surface area contributed by atoms with E-state index in [-0.39, 0.29) is 24.7 Å². The number of hydrogen-bond acceptors (Lipinski definition) is 8. The van der Waals surface area contributed by atoms with Crippen molar-refractivity contribution >= 4 is 21.8 Å². The molecule has 10 unspecified atom stereocenters. The van der Waals surface area contributed by atoms with Crippen LogP contribution in [0.1, 0.15) is 167 Å². The topological polar surface area (TPSA) is 136 Å². The number of aliphatic carboxylic acids is 1. The van der Waals surface area contributed by atoms with E-state index >= 15 is 0 Å². The van der Waals surface area contributed by atoms with E-state index in [4.69, 9.17) is 9.47 Å². The van der Waals surface area contributed by atoms with Gasteiger partial charge in [0.05, 0.1) is 41.2 Å². The third-order valence-electron chi connectivity index (χ3n) is 14.4. The molecule has 6 rings (SSSR count). The van der Waals surface area contributed by atoms with Crippen molar-refractivity contribution in [2.45, 2.75) is 196 Å². The van der Waals surface area contributed by atoms with E-state index in [1.165, 1.54) is 70.6 Å². The molecular weight excluding hydrogens is 669 g/mol. The van der Waals surface area contributed by atoms with Crippen LogP contribution < -0.4 is 0 Å². The molecule has 6 aliphatic rings. The summed E-state index contributed by atoms with van der Waals surface area (Å²) >= 11 is 0. The Morgan fingerprint density at radius 2 is 1.14 bits per heavy atom. The van der Waals surface area contributed by atoms with Gasteiger partial charge in [0.1, 0.15) is 6.10 Å². The highest BCUT2D eigenvalue weighted by molar-refractivity contribution is 7.92. The molecule has 0 radical (unpaired) electrons. The molecule has 0 aromatic rings. The maximum Gasteiger partial charge on any atom is 0.310 e. The summed E-state index contributed by atoms with van der Waals surface area (Å²) in [6.07, 6.45) is 24.7. The Hall–Kier alpha value is -1.23. The van der Waals surface area contributed by atoms with Gasteiger partial charge in [-0.3, -0.25) is 14.8 Å². The van der Waals surface area contributed by atoms with Gasteiger partial charge < -0.3 is 14.6 Å². The van der Waals surface area contributed by atoms with E-state index in [2.05, 4.69) is 4.89 Å². The summed E-state index contributed by atoms with van der Waals surface area (Å²) in [5.74, 6) is -0.121. The molecule has 6 aliphatic carbocycles. The van der Waals surface area contributed by atoms with Gasteiger partial charge in [-0.1, -0.05) is 64.2 Å². The van der Waals surface area contributed by atoms with Gasteiger partial charge in [0.15, 0.2) is 9.84 Å². The van der Waals surface area contributed by atoms with E-state index in [9.17, 15) is 28.4 Å². The average molecular weight is 737 g/mol. The maximum absolute atomic E-state index is 14.1. The quantitative estimate of drug-likeness (QED) is 0.108. The number of carbonyl (C=O) groups is 2. The van der Waals surface area contributed by atoms with Gasteiger partial charge in [-0.15, -0.1) is 0 Å². The summed E-state index contributed by atoms with van der Waals surface area (Å²) in [6.45, 7) is 0.261. The van der Waals surface area contributed by atoms with Gasteiger partial charge in [-0.25, -0.2) is 13.3 Å². The lowest BCUT2D eigenvalue weighted by Gasteiger charge is -2.41. The van der Waals surface area contributed by atoms with E-state index in [1.807, 2.05) is 0 Å². The highest BCUT2D eigenvalue weighted by Gasteiger charge is 2.45. The number of carbonyl (C=O) groups excluding carboxylic acids is 1. The summed E-state index contributed by atoms with van der Waals surface area (Å²) in [5, 5.41) is 18.5. The SMILES string of the molecule is O=C(O)C1CC(CC2CCCCC2)CCC1C(=O)OC1CCCC(S(=O)(=O)C2CCCC(OC3CCC(CC4CCCCC4)CC3COO)C2)C1. The maximum atomic E-state index is 14.1. The second-order valence-electron chi connectivity index (χ2n) is 18.0. The third kappa shape index (κ3) is 10.7. The summed E-state index contributed by atoms with van der Waals surface area (Å²) in [6, 6.07) is 0. The summed E-state index contributed by atoms with van der Waals surface area (Å²) in [4.78, 5) is 30.5. The summed E-state index contributed by atoms with van der Waals surface area (Å²) < 4.78 is 40.9. The van der Waals surface area contributed by atoms with E-state index in [0.29, 0.717) is 69.1 Å². The number of rotatable bonds is 13. The molecule has 0 amide bonds. The predicted octanol–water partition coefficient (Wildman–Crippen LogP) is 8.92. The zero-order chi connectivity index (χ0) is 35.8. The number of sulfone groups is 1. The molecule has 0 aliphatic heterocycles. The van der Waals surface area contributed by atoms with Crippen LogP contribution in [0.25, 0.3) is 0 Å². The van der Waals surface area contributed by atoms with Crippen molar-refractivity contribution in [1.82, 2.24) is 0 Å². The zero-order valence-electron chi connectivity index (χ0n) is 31.2. The van der Waals surface area contributed by atoms with Gasteiger partial charge in [-0.2, -0.15) is 0 Å². The molecule has 10 atom stereocenters. The van der Waals surface area contributed by atoms with Crippen LogP contribution in [-0.2, 0) is 33.8 Å². The Morgan fingerprint density at radius 1 is 0.569 bits per heavy atom. The number of carboxylic acid groups (broad SMARTS) is 1. The Morgan fingerprint density at radius 3 is 1.75 bits per heavy atom. The van der Waals surface area contributed by atoms with Crippen LogP contribution in [0.15, 0.2) is 0 Å². The van der Waals surface area contributed by atoms with Crippen LogP contribution >= 0.6 is 0 Å². The monoisotopic (exact) mass is 736 g/mol. The molecule has 0 saturated heterocycles. The minimum atomic E-state index is -3.48. The fourth-order valence-corrected chi connectivity index (χ4v) is 14.1. The number of esters is 1. The average Bonchev–Trinajstić information content (AvgIpc) is 3.14. The van der Waals surface area contributed by atoms with Crippen LogP contribution in [0, 0.1) is 41.4 Å². The molecule has 0 bridgehead atoms. The third-order valence-corrected chi connectivity index (χ3v) is 17.1. The first-order valence-corrected chi connectivity index (χ1v) is 22.9. The molecular formula is C41H68O9S. The van der Waals surface area contributed by atoms with Gasteiger partial charge in [0.25, 0.3) is 0 Å². The van der Waals surface area contributed by atoms with Gasteiger partial charge in [0.2, 0.25) is 0 Å². The van der Waals surface area contributed by atoms with Crippen molar-refractivity contribution in [2.75, 3.05) is 6.61 Å². The van der Waals surface area contributed by atoms with Crippen molar-refractivity contribution in [3.05, 3.63) is 0 Å². The van der Waals surface area contributed by atoms with E-state index in [1.54, 1.807) is 0 Å². The highest BCUT2D eigenvalue weighted by Crippen LogP contribution is 2.43. The van der Waals surface area contributed by atoms with Crippen molar-refractivity contribution < 1.29 is 42.7 Å². The molecule has 2 N–H and O–H groups in total. The molecule has 6 fully saturated rings. The number of carboxylic acids is 1. The van der Waals surface area contributed by atoms with E-state index < -0.39 is 50.2 Å². The van der Waals surface area contributed by atoms with Crippen molar-refractivity contribution in [2.24, 2.45) is 41.4 Å². The van der Waals surface area contributed by atoms with Crippen molar-refractivity contribution in [3.63, 3.8) is 0 Å². The fraction of sp³-hybridized carbons (Fsp3) is 0.951. The van der Waals surface area contributed by atoms with Crippen molar-refractivity contribution in [3.8, 4) is 0 Å². The van der Waals surface area contributed by atoms with E-state index in [0.717, 1.165) is 50.9 Å². The Labute approximate surface area is 307 Å². The summed E-state index contributed by atoms with van der Waals surface area (Å²) in [7, 11) is -3.48. The first-order chi connectivity index (χ1) is 24.7. The lowest BCUT2D eigenvalue weighted by Crippen LogP contribution is -2.44. The summed E-state index contributed by atoms with van der Waals surface area (Å²) in [5.41, 5.74) is 0. The predicted molar refractivity (Wildman–Crippen MR) is 196 cm³/mol. The largest absolute Gasteiger partial charge is 0.481 e. The van der Waals surface area contributed by atoms with Crippen LogP contribution in [0.4, 0.5) is 0 Å². The van der Waals surface area contributed by atoms with Gasteiger partial charge >= 0.3 is 11.9 Å². The molecule has 0 heterocycles. The van der Waals surface area contributed by atoms with Crippen LogP contribution in [-0.4, -0.2) is 66.1 Å². The van der Waals surface area contributed by atoms with Crippen LogP contribution in [0.3, 0.4) is 0 Å². The second-order valence-corrected chi connectivity index (χ2v) is 20.5. The van der Waals surface area contributed by atoms with Crippen LogP contribution in [0.2, 0.25) is 0 Å². The Balaban J connectivity index is 0.990. The number of ether oxygens (including phenoxy) is 2. The normalized spacial score (nSPS) is 37.8. The lowest BCUT2D eigenvalue weighted by atomic mass is 9.70. The lowest BCUT2D eigenvalue weighted by molar-refractivity contribution is -0.262. The smallest absolute Gasteiger partial charge is 0.310 e.